The summed E-state index contributed by atoms with van der Waals surface area (Å²) in [5.74, 6) is 0.714. The molecule has 1 N–H and O–H groups in total. The molecule has 1 amide bonds. The number of anilines is 1. The minimum Gasteiger partial charge on any atom is -0.376 e. The van der Waals surface area contributed by atoms with Crippen molar-refractivity contribution in [2.24, 2.45) is 0 Å². The van der Waals surface area contributed by atoms with Gasteiger partial charge >= 0.3 is 0 Å². The summed E-state index contributed by atoms with van der Waals surface area (Å²) in [5, 5.41) is 13.8. The van der Waals surface area contributed by atoms with Gasteiger partial charge in [-0.05, 0) is 81.2 Å². The Morgan fingerprint density at radius 3 is 2.77 bits per heavy atom. The molecule has 7 nitrogen and oxygen atoms in total. The molecule has 3 heterocycles. The molecule has 1 unspecified atom stereocenters. The number of carbonyl (C=O) groups excluding carboxylic acids is 1. The third-order valence-corrected chi connectivity index (χ3v) is 7.74. The molecule has 182 valence electrons. The van der Waals surface area contributed by atoms with Crippen molar-refractivity contribution in [3.8, 4) is 11.8 Å². The quantitative estimate of drug-likeness (QED) is 0.475. The molecule has 2 aromatic heterocycles. The van der Waals surface area contributed by atoms with Crippen LogP contribution < -0.4 is 5.32 Å². The molecule has 1 aliphatic heterocycles. The number of nitrogens with zero attached hydrogens (tertiary/aromatic N) is 4. The largest absolute Gasteiger partial charge is 0.376 e. The first-order chi connectivity index (χ1) is 17.0. The van der Waals surface area contributed by atoms with Crippen LogP contribution in [0.1, 0.15) is 53.6 Å². The standard InChI is InChI=1S/C27H31N5O2S/c1-18-12-19(2)14-20(13-18)31-10-9-29-27(31)35-17-25(33)30-26-23(15-28)22-7-3-4-8-24(22)32(26)16-21-6-5-11-34-21/h9-10,12-14,21H,3-8,11,16-17H2,1-2H3,(H,30,33). The van der Waals surface area contributed by atoms with Gasteiger partial charge in [0.05, 0.1) is 24.0 Å². The summed E-state index contributed by atoms with van der Waals surface area (Å²) in [6, 6.07) is 8.75. The van der Waals surface area contributed by atoms with Crippen LogP contribution in [0.25, 0.3) is 5.69 Å². The van der Waals surface area contributed by atoms with Gasteiger partial charge in [-0.1, -0.05) is 17.8 Å². The molecule has 35 heavy (non-hydrogen) atoms. The number of hydrogen-bond donors (Lipinski definition) is 1. The minimum atomic E-state index is -0.134. The lowest BCUT2D eigenvalue weighted by atomic mass is 9.95. The van der Waals surface area contributed by atoms with E-state index in [1.807, 2.05) is 10.8 Å². The van der Waals surface area contributed by atoms with Crippen molar-refractivity contribution < 1.29 is 9.53 Å². The lowest BCUT2D eigenvalue weighted by molar-refractivity contribution is -0.113. The third kappa shape index (κ3) is 5.02. The Balaban J connectivity index is 1.35. The number of amides is 1. The molecule has 0 spiro atoms. The van der Waals surface area contributed by atoms with Gasteiger partial charge in [-0.2, -0.15) is 5.26 Å². The highest BCUT2D eigenvalue weighted by atomic mass is 32.2. The van der Waals surface area contributed by atoms with E-state index in [9.17, 15) is 10.1 Å². The number of imidazole rings is 1. The van der Waals surface area contributed by atoms with E-state index in [1.54, 1.807) is 6.20 Å². The summed E-state index contributed by atoms with van der Waals surface area (Å²) < 4.78 is 10.1. The Labute approximate surface area is 210 Å². The lowest BCUT2D eigenvalue weighted by Crippen LogP contribution is -2.23. The zero-order valence-electron chi connectivity index (χ0n) is 20.3. The van der Waals surface area contributed by atoms with Gasteiger partial charge in [-0.3, -0.25) is 9.36 Å². The van der Waals surface area contributed by atoms with Crippen LogP contribution in [0.5, 0.6) is 0 Å². The van der Waals surface area contributed by atoms with Crippen molar-refractivity contribution in [2.45, 2.75) is 70.2 Å². The van der Waals surface area contributed by atoms with E-state index in [2.05, 4.69) is 53.0 Å². The predicted molar refractivity (Wildman–Crippen MR) is 137 cm³/mol. The SMILES string of the molecule is Cc1cc(C)cc(-n2ccnc2SCC(=O)Nc2c(C#N)c3c(n2CC2CCCO2)CCCC3)c1. The van der Waals surface area contributed by atoms with Gasteiger partial charge in [0.25, 0.3) is 0 Å². The van der Waals surface area contributed by atoms with Crippen molar-refractivity contribution in [2.75, 3.05) is 17.7 Å². The van der Waals surface area contributed by atoms with Crippen molar-refractivity contribution in [3.05, 3.63) is 58.5 Å². The average Bonchev–Trinajstić information content (AvgIpc) is 3.58. The number of hydrogen-bond acceptors (Lipinski definition) is 5. The third-order valence-electron chi connectivity index (χ3n) is 6.78. The second-order valence-electron chi connectivity index (χ2n) is 9.48. The summed E-state index contributed by atoms with van der Waals surface area (Å²) in [7, 11) is 0. The van der Waals surface area contributed by atoms with Gasteiger partial charge in [-0.15, -0.1) is 0 Å². The van der Waals surface area contributed by atoms with Crippen LogP contribution in [0.2, 0.25) is 0 Å². The maximum atomic E-state index is 13.1. The number of nitriles is 1. The Kier molecular flexibility index (Phi) is 6.98. The monoisotopic (exact) mass is 489 g/mol. The van der Waals surface area contributed by atoms with E-state index in [0.29, 0.717) is 17.9 Å². The number of ether oxygens (including phenoxy) is 1. The average molecular weight is 490 g/mol. The second kappa shape index (κ2) is 10.3. The zero-order valence-corrected chi connectivity index (χ0v) is 21.2. The Morgan fingerprint density at radius 1 is 1.23 bits per heavy atom. The molecule has 2 aliphatic rings. The van der Waals surface area contributed by atoms with Gasteiger partial charge < -0.3 is 14.6 Å². The summed E-state index contributed by atoms with van der Waals surface area (Å²) in [4.78, 5) is 17.6. The molecular weight excluding hydrogens is 458 g/mol. The Hall–Kier alpha value is -3.02. The number of aryl methyl sites for hydroxylation is 2. The topological polar surface area (TPSA) is 84.9 Å². The van der Waals surface area contributed by atoms with E-state index in [4.69, 9.17) is 4.74 Å². The number of nitrogens with one attached hydrogen (secondary N) is 1. The highest BCUT2D eigenvalue weighted by molar-refractivity contribution is 7.99. The smallest absolute Gasteiger partial charge is 0.235 e. The van der Waals surface area contributed by atoms with Gasteiger partial charge in [0.2, 0.25) is 5.91 Å². The zero-order chi connectivity index (χ0) is 24.4. The van der Waals surface area contributed by atoms with Crippen LogP contribution in [-0.4, -0.2) is 38.5 Å². The van der Waals surface area contributed by atoms with Crippen molar-refractivity contribution in [3.63, 3.8) is 0 Å². The molecule has 1 fully saturated rings. The van der Waals surface area contributed by atoms with E-state index in [0.717, 1.165) is 61.5 Å². The molecule has 5 rings (SSSR count). The summed E-state index contributed by atoms with van der Waals surface area (Å²) in [5.41, 5.74) is 6.31. The molecule has 0 radical (unpaired) electrons. The molecule has 1 atom stereocenters. The van der Waals surface area contributed by atoms with Gasteiger partial charge in [0, 0.05) is 30.4 Å². The summed E-state index contributed by atoms with van der Waals surface area (Å²) >= 11 is 1.40. The van der Waals surface area contributed by atoms with Crippen molar-refractivity contribution >= 4 is 23.5 Å². The van der Waals surface area contributed by atoms with Crippen LogP contribution >= 0.6 is 11.8 Å². The molecular formula is C27H31N5O2S. The molecule has 0 bridgehead atoms. The maximum Gasteiger partial charge on any atom is 0.235 e. The number of aromatic nitrogens is 3. The molecule has 3 aromatic rings. The van der Waals surface area contributed by atoms with Crippen LogP contribution in [-0.2, 0) is 28.9 Å². The van der Waals surface area contributed by atoms with Crippen LogP contribution in [0, 0.1) is 25.2 Å². The van der Waals surface area contributed by atoms with Crippen molar-refractivity contribution in [1.82, 2.24) is 14.1 Å². The normalized spacial score (nSPS) is 17.2. The summed E-state index contributed by atoms with van der Waals surface area (Å²) in [6.07, 6.45) is 9.90. The van der Waals surface area contributed by atoms with Gasteiger partial charge in [-0.25, -0.2) is 4.98 Å². The van der Waals surface area contributed by atoms with E-state index >= 15 is 0 Å². The predicted octanol–water partition coefficient (Wildman–Crippen LogP) is 4.95. The van der Waals surface area contributed by atoms with Crippen LogP contribution in [0.4, 0.5) is 5.82 Å². The highest BCUT2D eigenvalue weighted by Crippen LogP contribution is 2.34. The van der Waals surface area contributed by atoms with E-state index < -0.39 is 0 Å². The number of benzene rings is 1. The van der Waals surface area contributed by atoms with E-state index in [-0.39, 0.29) is 17.8 Å². The highest BCUT2D eigenvalue weighted by Gasteiger charge is 2.28. The number of fused-ring (bicyclic) bond motifs is 1. The fourth-order valence-corrected chi connectivity index (χ4v) is 6.07. The lowest BCUT2D eigenvalue weighted by Gasteiger charge is -2.19. The van der Waals surface area contributed by atoms with Crippen molar-refractivity contribution in [1.29, 1.82) is 5.26 Å². The van der Waals surface area contributed by atoms with Gasteiger partial charge in [0.1, 0.15) is 11.9 Å². The fourth-order valence-electron chi connectivity index (χ4n) is 5.29. The molecule has 1 aliphatic carbocycles. The molecule has 8 heteroatoms. The summed E-state index contributed by atoms with van der Waals surface area (Å²) in [6.45, 7) is 5.62. The fraction of sp³-hybridized carbons (Fsp3) is 0.444. The second-order valence-corrected chi connectivity index (χ2v) is 10.4. The molecule has 0 saturated carbocycles. The first kappa shape index (κ1) is 23.7. The minimum absolute atomic E-state index is 0.134. The van der Waals surface area contributed by atoms with E-state index in [1.165, 1.54) is 28.6 Å². The van der Waals surface area contributed by atoms with Crippen LogP contribution in [0.15, 0.2) is 35.7 Å². The Morgan fingerprint density at radius 2 is 2.03 bits per heavy atom. The molecule has 1 saturated heterocycles. The maximum absolute atomic E-state index is 13.1. The van der Waals surface area contributed by atoms with Gasteiger partial charge in [0.15, 0.2) is 5.16 Å². The first-order valence-corrected chi connectivity index (χ1v) is 13.3. The number of carbonyl (C=O) groups is 1. The van der Waals surface area contributed by atoms with Crippen LogP contribution in [0.3, 0.4) is 0 Å². The first-order valence-electron chi connectivity index (χ1n) is 12.3. The number of rotatable bonds is 7. The number of thioether (sulfide) groups is 1. The molecule has 1 aromatic carbocycles. The Bertz CT molecular complexity index is 1260.